The van der Waals surface area contributed by atoms with Gasteiger partial charge >= 0.3 is 0 Å². The fourth-order valence-electron chi connectivity index (χ4n) is 3.10. The van der Waals surface area contributed by atoms with Crippen LogP contribution in [0.3, 0.4) is 0 Å². The lowest BCUT2D eigenvalue weighted by atomic mass is 10.0. The molecule has 3 rings (SSSR count). The van der Waals surface area contributed by atoms with Crippen molar-refractivity contribution in [2.24, 2.45) is 0 Å². The van der Waals surface area contributed by atoms with Crippen LogP contribution in [-0.4, -0.2) is 45.2 Å². The van der Waals surface area contributed by atoms with Gasteiger partial charge in [-0.3, -0.25) is 10.1 Å². The highest BCUT2D eigenvalue weighted by atomic mass is 19.3. The molecule has 6 nitrogen and oxygen atoms in total. The smallest absolute Gasteiger partial charge is 0.262 e. The molecule has 3 heterocycles. The summed E-state index contributed by atoms with van der Waals surface area (Å²) in [7, 11) is 0. The van der Waals surface area contributed by atoms with Crippen LogP contribution in [0, 0.1) is 0 Å². The standard InChI is InChI=1S/C14H21F2N5O/c1-8(2)12-20-19-11-4-3-9(6-21(11)12)18-13(22)10-5-14(15,16)7-17-10/h8-10,17H,3-7H2,1-2H3,(H,18,22). The molecular weight excluding hydrogens is 292 g/mol. The normalized spacial score (nSPS) is 27.0. The number of fused-ring (bicyclic) bond motifs is 1. The lowest BCUT2D eigenvalue weighted by Gasteiger charge is -2.27. The van der Waals surface area contributed by atoms with E-state index < -0.39 is 24.9 Å². The predicted octanol–water partition coefficient (Wildman–Crippen LogP) is 0.830. The topological polar surface area (TPSA) is 71.8 Å². The summed E-state index contributed by atoms with van der Waals surface area (Å²) in [6.07, 6.45) is 1.06. The molecule has 2 unspecified atom stereocenters. The molecule has 0 aliphatic carbocycles. The van der Waals surface area contributed by atoms with E-state index >= 15 is 0 Å². The molecule has 8 heteroatoms. The fourth-order valence-corrected chi connectivity index (χ4v) is 3.10. The summed E-state index contributed by atoms with van der Waals surface area (Å²) in [5, 5.41) is 13.8. The van der Waals surface area contributed by atoms with Crippen molar-refractivity contribution < 1.29 is 13.6 Å². The summed E-state index contributed by atoms with van der Waals surface area (Å²) in [6, 6.07) is -0.869. The van der Waals surface area contributed by atoms with Gasteiger partial charge in [-0.05, 0) is 6.42 Å². The maximum atomic E-state index is 13.2. The average molecular weight is 313 g/mol. The molecular formula is C14H21F2N5O. The number of alkyl halides is 2. The number of carbonyl (C=O) groups is 1. The highest BCUT2D eigenvalue weighted by Crippen LogP contribution is 2.25. The van der Waals surface area contributed by atoms with Gasteiger partial charge in [-0.15, -0.1) is 10.2 Å². The van der Waals surface area contributed by atoms with Crippen LogP contribution in [0.15, 0.2) is 0 Å². The molecule has 1 amide bonds. The number of carbonyl (C=O) groups excluding carboxylic acids is 1. The second kappa shape index (κ2) is 5.57. The van der Waals surface area contributed by atoms with Crippen molar-refractivity contribution in [1.82, 2.24) is 25.4 Å². The molecule has 0 radical (unpaired) electrons. The molecule has 2 atom stereocenters. The van der Waals surface area contributed by atoms with Crippen molar-refractivity contribution in [3.8, 4) is 0 Å². The summed E-state index contributed by atoms with van der Waals surface area (Å²) in [6.45, 7) is 4.27. The third-order valence-electron chi connectivity index (χ3n) is 4.26. The molecule has 2 aliphatic rings. The quantitative estimate of drug-likeness (QED) is 0.867. The summed E-state index contributed by atoms with van der Waals surface area (Å²) < 4.78 is 28.4. The molecule has 2 N–H and O–H groups in total. The van der Waals surface area contributed by atoms with Crippen molar-refractivity contribution in [3.05, 3.63) is 11.6 Å². The van der Waals surface area contributed by atoms with Crippen LogP contribution in [0.2, 0.25) is 0 Å². The number of hydrogen-bond donors (Lipinski definition) is 2. The third-order valence-corrected chi connectivity index (χ3v) is 4.26. The Kier molecular flexibility index (Phi) is 3.88. The number of aryl methyl sites for hydroxylation is 1. The van der Waals surface area contributed by atoms with E-state index in [-0.39, 0.29) is 17.9 Å². The van der Waals surface area contributed by atoms with E-state index in [1.807, 2.05) is 18.4 Å². The first-order valence-electron chi connectivity index (χ1n) is 7.69. The Bertz CT molecular complexity index is 572. The Balaban J connectivity index is 1.63. The molecule has 0 aromatic carbocycles. The zero-order valence-corrected chi connectivity index (χ0v) is 12.8. The van der Waals surface area contributed by atoms with Crippen LogP contribution in [0.4, 0.5) is 8.78 Å². The Hall–Kier alpha value is -1.57. The Labute approximate surface area is 127 Å². The van der Waals surface area contributed by atoms with Crippen LogP contribution in [0.5, 0.6) is 0 Å². The Morgan fingerprint density at radius 3 is 2.86 bits per heavy atom. The molecule has 122 valence electrons. The van der Waals surface area contributed by atoms with E-state index in [4.69, 9.17) is 0 Å². The van der Waals surface area contributed by atoms with E-state index in [2.05, 4.69) is 20.8 Å². The third kappa shape index (κ3) is 2.97. The summed E-state index contributed by atoms with van der Waals surface area (Å²) in [5.74, 6) is -1.05. The minimum absolute atomic E-state index is 0.0653. The molecule has 2 aliphatic heterocycles. The lowest BCUT2D eigenvalue weighted by molar-refractivity contribution is -0.124. The molecule has 0 saturated carbocycles. The molecule has 1 saturated heterocycles. The number of nitrogens with one attached hydrogen (secondary N) is 2. The van der Waals surface area contributed by atoms with Crippen molar-refractivity contribution in [1.29, 1.82) is 0 Å². The van der Waals surface area contributed by atoms with Crippen LogP contribution in [0.25, 0.3) is 0 Å². The van der Waals surface area contributed by atoms with Gasteiger partial charge in [-0.2, -0.15) is 0 Å². The molecule has 1 fully saturated rings. The van der Waals surface area contributed by atoms with Gasteiger partial charge in [0.25, 0.3) is 5.92 Å². The minimum Gasteiger partial charge on any atom is -0.350 e. The molecule has 0 bridgehead atoms. The van der Waals surface area contributed by atoms with Gasteiger partial charge in [0.15, 0.2) is 0 Å². The number of rotatable bonds is 3. The maximum Gasteiger partial charge on any atom is 0.262 e. The minimum atomic E-state index is -2.79. The van der Waals surface area contributed by atoms with Crippen LogP contribution < -0.4 is 10.6 Å². The van der Waals surface area contributed by atoms with E-state index in [9.17, 15) is 13.6 Å². The van der Waals surface area contributed by atoms with E-state index in [1.54, 1.807) is 0 Å². The zero-order valence-electron chi connectivity index (χ0n) is 12.8. The first-order chi connectivity index (χ1) is 10.4. The summed E-state index contributed by atoms with van der Waals surface area (Å²) >= 11 is 0. The van der Waals surface area contributed by atoms with Gasteiger partial charge in [0.05, 0.1) is 12.6 Å². The maximum absolute atomic E-state index is 13.2. The monoisotopic (exact) mass is 313 g/mol. The SMILES string of the molecule is CC(C)c1nnc2n1CC(NC(=O)C1CC(F)(F)CN1)CC2. The number of nitrogens with zero attached hydrogens (tertiary/aromatic N) is 3. The molecule has 22 heavy (non-hydrogen) atoms. The zero-order chi connectivity index (χ0) is 15.9. The van der Waals surface area contributed by atoms with E-state index in [1.165, 1.54) is 0 Å². The second-order valence-corrected chi connectivity index (χ2v) is 6.48. The van der Waals surface area contributed by atoms with E-state index in [0.29, 0.717) is 6.54 Å². The van der Waals surface area contributed by atoms with Gasteiger partial charge in [0.1, 0.15) is 11.6 Å². The van der Waals surface area contributed by atoms with Crippen LogP contribution in [-0.2, 0) is 17.8 Å². The lowest BCUT2D eigenvalue weighted by Crippen LogP contribution is -2.48. The van der Waals surface area contributed by atoms with Gasteiger partial charge in [0, 0.05) is 31.3 Å². The van der Waals surface area contributed by atoms with Crippen molar-refractivity contribution in [2.75, 3.05) is 6.54 Å². The number of amides is 1. The Morgan fingerprint density at radius 1 is 1.45 bits per heavy atom. The largest absolute Gasteiger partial charge is 0.350 e. The molecule has 0 spiro atoms. The van der Waals surface area contributed by atoms with Gasteiger partial charge in [0.2, 0.25) is 5.91 Å². The molecule has 1 aromatic rings. The van der Waals surface area contributed by atoms with Crippen molar-refractivity contribution >= 4 is 5.91 Å². The van der Waals surface area contributed by atoms with Gasteiger partial charge in [-0.25, -0.2) is 8.78 Å². The molecule has 1 aromatic heterocycles. The number of hydrogen-bond acceptors (Lipinski definition) is 4. The summed E-state index contributed by atoms with van der Waals surface area (Å²) in [4.78, 5) is 12.1. The Morgan fingerprint density at radius 2 is 2.23 bits per heavy atom. The van der Waals surface area contributed by atoms with Crippen LogP contribution >= 0.6 is 0 Å². The van der Waals surface area contributed by atoms with Crippen molar-refractivity contribution in [2.45, 2.75) is 63.6 Å². The van der Waals surface area contributed by atoms with Crippen LogP contribution in [0.1, 0.15) is 44.3 Å². The van der Waals surface area contributed by atoms with Gasteiger partial charge in [-0.1, -0.05) is 13.8 Å². The first-order valence-corrected chi connectivity index (χ1v) is 7.69. The number of aromatic nitrogens is 3. The highest BCUT2D eigenvalue weighted by Gasteiger charge is 2.42. The average Bonchev–Trinajstić information content (AvgIpc) is 3.01. The fraction of sp³-hybridized carbons (Fsp3) is 0.786. The number of halogens is 2. The second-order valence-electron chi connectivity index (χ2n) is 6.48. The summed E-state index contributed by atoms with van der Waals surface area (Å²) in [5.41, 5.74) is 0. The van der Waals surface area contributed by atoms with E-state index in [0.717, 1.165) is 24.5 Å². The van der Waals surface area contributed by atoms with Crippen molar-refractivity contribution in [3.63, 3.8) is 0 Å². The first kappa shape index (κ1) is 15.3. The highest BCUT2D eigenvalue weighted by molar-refractivity contribution is 5.82. The van der Waals surface area contributed by atoms with Gasteiger partial charge < -0.3 is 9.88 Å². The predicted molar refractivity (Wildman–Crippen MR) is 75.7 cm³/mol.